The topological polar surface area (TPSA) is 69.7 Å². The molecule has 1 rings (SSSR count). The van der Waals surface area contributed by atoms with E-state index in [-0.39, 0.29) is 13.2 Å². The average Bonchev–Trinajstić information content (AvgIpc) is 2.32. The van der Waals surface area contributed by atoms with Gasteiger partial charge in [-0.1, -0.05) is 24.4 Å². The molecule has 18 heavy (non-hydrogen) atoms. The summed E-state index contributed by atoms with van der Waals surface area (Å²) in [6.07, 6.45) is 0. The highest BCUT2D eigenvalue weighted by Crippen LogP contribution is 2.13. The second kappa shape index (κ2) is 7.43. The molecule has 100 valence electrons. The normalized spacial score (nSPS) is 10.9. The Labute approximate surface area is 113 Å². The van der Waals surface area contributed by atoms with Crippen LogP contribution >= 0.6 is 12.2 Å². The van der Waals surface area contributed by atoms with Gasteiger partial charge in [-0.2, -0.15) is 0 Å². The smallest absolute Gasteiger partial charge is 0.103 e. The van der Waals surface area contributed by atoms with Crippen molar-refractivity contribution in [2.45, 2.75) is 13.5 Å². The molecule has 0 aliphatic carbocycles. The predicted octanol–water partition coefficient (Wildman–Crippen LogP) is 0.416. The van der Waals surface area contributed by atoms with E-state index in [9.17, 15) is 0 Å². The molecule has 1 aromatic rings. The molecule has 5 heteroatoms. The van der Waals surface area contributed by atoms with Crippen LogP contribution in [0.1, 0.15) is 16.7 Å². The van der Waals surface area contributed by atoms with Gasteiger partial charge in [0, 0.05) is 25.2 Å². The standard InChI is InChI=1S/C13H20N2O2S/c1-10-8-11(13(14)18)2-3-12(10)9-15(4-6-16)5-7-17/h2-3,8,16-17H,4-7,9H2,1H3,(H2,14,18). The quantitative estimate of drug-likeness (QED) is 0.625. The van der Waals surface area contributed by atoms with Crippen LogP contribution in [0.3, 0.4) is 0 Å². The first kappa shape index (κ1) is 15.0. The van der Waals surface area contributed by atoms with Gasteiger partial charge in [-0.15, -0.1) is 0 Å². The van der Waals surface area contributed by atoms with Gasteiger partial charge in [0.05, 0.1) is 13.2 Å². The fourth-order valence-corrected chi connectivity index (χ4v) is 1.95. The summed E-state index contributed by atoms with van der Waals surface area (Å²) in [5.74, 6) is 0. The molecule has 0 amide bonds. The van der Waals surface area contributed by atoms with Crippen molar-refractivity contribution in [2.24, 2.45) is 5.73 Å². The van der Waals surface area contributed by atoms with Crippen LogP contribution in [0.5, 0.6) is 0 Å². The minimum atomic E-state index is 0.0873. The van der Waals surface area contributed by atoms with Gasteiger partial charge in [-0.05, 0) is 24.1 Å². The Morgan fingerprint density at radius 1 is 1.28 bits per heavy atom. The van der Waals surface area contributed by atoms with E-state index in [0.29, 0.717) is 24.6 Å². The van der Waals surface area contributed by atoms with Crippen molar-refractivity contribution in [1.29, 1.82) is 0 Å². The maximum absolute atomic E-state index is 8.97. The fourth-order valence-electron chi connectivity index (χ4n) is 1.82. The average molecular weight is 268 g/mol. The van der Waals surface area contributed by atoms with Crippen molar-refractivity contribution < 1.29 is 10.2 Å². The molecule has 0 bridgehead atoms. The number of benzene rings is 1. The van der Waals surface area contributed by atoms with E-state index >= 15 is 0 Å². The molecule has 0 atom stereocenters. The summed E-state index contributed by atoms with van der Waals surface area (Å²) >= 11 is 4.94. The van der Waals surface area contributed by atoms with Crippen LogP contribution in [0.25, 0.3) is 0 Å². The molecular formula is C13H20N2O2S. The summed E-state index contributed by atoms with van der Waals surface area (Å²) in [5, 5.41) is 17.9. The number of nitrogens with zero attached hydrogens (tertiary/aromatic N) is 1. The predicted molar refractivity (Wildman–Crippen MR) is 76.5 cm³/mol. The number of aliphatic hydroxyl groups is 2. The fraction of sp³-hybridized carbons (Fsp3) is 0.462. The van der Waals surface area contributed by atoms with Gasteiger partial charge in [0.1, 0.15) is 4.99 Å². The van der Waals surface area contributed by atoms with E-state index in [1.807, 2.05) is 30.0 Å². The first-order valence-corrected chi connectivity index (χ1v) is 6.32. The van der Waals surface area contributed by atoms with E-state index in [4.69, 9.17) is 28.2 Å². The molecule has 0 fully saturated rings. The molecule has 0 aromatic heterocycles. The molecule has 0 heterocycles. The largest absolute Gasteiger partial charge is 0.395 e. The first-order valence-electron chi connectivity index (χ1n) is 5.92. The van der Waals surface area contributed by atoms with Crippen molar-refractivity contribution >= 4 is 17.2 Å². The molecule has 0 radical (unpaired) electrons. The van der Waals surface area contributed by atoms with Crippen molar-refractivity contribution in [3.05, 3.63) is 34.9 Å². The van der Waals surface area contributed by atoms with E-state index < -0.39 is 0 Å². The van der Waals surface area contributed by atoms with Crippen molar-refractivity contribution in [3.63, 3.8) is 0 Å². The second-order valence-electron chi connectivity index (χ2n) is 4.23. The zero-order valence-corrected chi connectivity index (χ0v) is 11.4. The van der Waals surface area contributed by atoms with Gasteiger partial charge in [0.15, 0.2) is 0 Å². The zero-order chi connectivity index (χ0) is 13.5. The van der Waals surface area contributed by atoms with Crippen LogP contribution < -0.4 is 5.73 Å². The number of aliphatic hydroxyl groups excluding tert-OH is 2. The zero-order valence-electron chi connectivity index (χ0n) is 10.6. The minimum absolute atomic E-state index is 0.0873. The summed E-state index contributed by atoms with van der Waals surface area (Å²) in [4.78, 5) is 2.40. The van der Waals surface area contributed by atoms with E-state index in [0.717, 1.165) is 16.7 Å². The minimum Gasteiger partial charge on any atom is -0.395 e. The highest BCUT2D eigenvalue weighted by Gasteiger charge is 2.08. The Hall–Kier alpha value is -1.01. The summed E-state index contributed by atoms with van der Waals surface area (Å²) in [5.41, 5.74) is 8.71. The third-order valence-corrected chi connectivity index (χ3v) is 3.09. The summed E-state index contributed by atoms with van der Waals surface area (Å²) in [6, 6.07) is 5.86. The molecule has 1 aromatic carbocycles. The SMILES string of the molecule is Cc1cc(C(N)=S)ccc1CN(CCO)CCO. The van der Waals surface area contributed by atoms with Crippen LogP contribution in [0.15, 0.2) is 18.2 Å². The van der Waals surface area contributed by atoms with Gasteiger partial charge < -0.3 is 15.9 Å². The first-order chi connectivity index (χ1) is 8.58. The maximum Gasteiger partial charge on any atom is 0.103 e. The van der Waals surface area contributed by atoms with E-state index in [1.54, 1.807) is 0 Å². The number of hydrogen-bond acceptors (Lipinski definition) is 4. The van der Waals surface area contributed by atoms with Gasteiger partial charge in [-0.3, -0.25) is 4.90 Å². The van der Waals surface area contributed by atoms with Crippen molar-refractivity contribution in [1.82, 2.24) is 4.90 Å². The lowest BCUT2D eigenvalue weighted by Gasteiger charge is -2.21. The molecule has 4 nitrogen and oxygen atoms in total. The Balaban J connectivity index is 2.79. The molecular weight excluding hydrogens is 248 g/mol. The third-order valence-electron chi connectivity index (χ3n) is 2.85. The van der Waals surface area contributed by atoms with Crippen molar-refractivity contribution in [3.8, 4) is 0 Å². The highest BCUT2D eigenvalue weighted by molar-refractivity contribution is 7.80. The molecule has 0 spiro atoms. The van der Waals surface area contributed by atoms with Gasteiger partial charge in [0.25, 0.3) is 0 Å². The lowest BCUT2D eigenvalue weighted by atomic mass is 10.0. The number of nitrogens with two attached hydrogens (primary N) is 1. The van der Waals surface area contributed by atoms with Crippen LogP contribution in [-0.4, -0.2) is 46.4 Å². The van der Waals surface area contributed by atoms with Crippen LogP contribution in [0.4, 0.5) is 0 Å². The van der Waals surface area contributed by atoms with Gasteiger partial charge >= 0.3 is 0 Å². The number of hydrogen-bond donors (Lipinski definition) is 3. The second-order valence-corrected chi connectivity index (χ2v) is 4.67. The Kier molecular flexibility index (Phi) is 6.21. The lowest BCUT2D eigenvalue weighted by molar-refractivity contribution is 0.155. The highest BCUT2D eigenvalue weighted by atomic mass is 32.1. The maximum atomic E-state index is 8.97. The molecule has 0 aliphatic heterocycles. The summed E-state index contributed by atoms with van der Waals surface area (Å²) in [6.45, 7) is 3.99. The summed E-state index contributed by atoms with van der Waals surface area (Å²) < 4.78 is 0. The van der Waals surface area contributed by atoms with Crippen LogP contribution in [-0.2, 0) is 6.54 Å². The Morgan fingerprint density at radius 3 is 2.33 bits per heavy atom. The number of rotatable bonds is 7. The molecule has 0 unspecified atom stereocenters. The van der Waals surface area contributed by atoms with Crippen LogP contribution in [0, 0.1) is 6.92 Å². The van der Waals surface area contributed by atoms with Crippen molar-refractivity contribution in [2.75, 3.05) is 26.3 Å². The molecule has 4 N–H and O–H groups in total. The van der Waals surface area contributed by atoms with Crippen LogP contribution in [0.2, 0.25) is 0 Å². The lowest BCUT2D eigenvalue weighted by Crippen LogP contribution is -2.29. The third kappa shape index (κ3) is 4.34. The molecule has 0 aliphatic rings. The molecule has 0 saturated heterocycles. The van der Waals surface area contributed by atoms with Gasteiger partial charge in [-0.25, -0.2) is 0 Å². The summed E-state index contributed by atoms with van der Waals surface area (Å²) in [7, 11) is 0. The Morgan fingerprint density at radius 2 is 1.89 bits per heavy atom. The monoisotopic (exact) mass is 268 g/mol. The Bertz CT molecular complexity index is 404. The van der Waals surface area contributed by atoms with E-state index in [1.165, 1.54) is 0 Å². The van der Waals surface area contributed by atoms with E-state index in [2.05, 4.69) is 0 Å². The van der Waals surface area contributed by atoms with Gasteiger partial charge in [0.2, 0.25) is 0 Å². The number of thiocarbonyl (C=S) groups is 1. The molecule has 0 saturated carbocycles. The number of aryl methyl sites for hydroxylation is 1.